The average molecular weight is 320 g/mol. The molecule has 1 heterocycles. The smallest absolute Gasteiger partial charge is 0.343 e. The van der Waals surface area contributed by atoms with Crippen LogP contribution < -0.4 is 4.74 Å². The fourth-order valence-corrected chi connectivity index (χ4v) is 2.41. The van der Waals surface area contributed by atoms with Crippen LogP contribution in [0.5, 0.6) is 5.75 Å². The third-order valence-electron chi connectivity index (χ3n) is 3.43. The van der Waals surface area contributed by atoms with E-state index < -0.39 is 17.5 Å². The van der Waals surface area contributed by atoms with Crippen molar-refractivity contribution in [3.63, 3.8) is 0 Å². The van der Waals surface area contributed by atoms with Gasteiger partial charge in [0.1, 0.15) is 11.5 Å². The van der Waals surface area contributed by atoms with Crippen LogP contribution in [0.15, 0.2) is 30.0 Å². The van der Waals surface area contributed by atoms with Gasteiger partial charge in [0.15, 0.2) is 5.60 Å². The van der Waals surface area contributed by atoms with Crippen LogP contribution in [0.2, 0.25) is 0 Å². The van der Waals surface area contributed by atoms with Crippen molar-refractivity contribution >= 4 is 11.9 Å². The molecule has 0 aromatic heterocycles. The highest BCUT2D eigenvalue weighted by atomic mass is 16.6. The summed E-state index contributed by atoms with van der Waals surface area (Å²) in [5.41, 5.74) is -0.696. The molecule has 1 aromatic carbocycles. The molecule has 1 atom stereocenters. The highest BCUT2D eigenvalue weighted by Gasteiger charge is 2.46. The first-order valence-electron chi connectivity index (χ1n) is 7.46. The zero-order valence-corrected chi connectivity index (χ0v) is 13.4. The molecule has 0 fully saturated rings. The SMILES string of the molecule is CCOC(=O)/C=C1\CC(O)(C(=O)OCC)c2cc(C)ccc2O1. The second kappa shape index (κ2) is 6.83. The summed E-state index contributed by atoms with van der Waals surface area (Å²) in [5, 5.41) is 10.9. The van der Waals surface area contributed by atoms with Gasteiger partial charge in [-0.05, 0) is 32.9 Å². The summed E-state index contributed by atoms with van der Waals surface area (Å²) < 4.78 is 15.4. The number of fused-ring (bicyclic) bond motifs is 1. The first kappa shape index (κ1) is 17.0. The second-order valence-corrected chi connectivity index (χ2v) is 5.22. The number of carbonyl (C=O) groups excluding carboxylic acids is 2. The van der Waals surface area contributed by atoms with Crippen molar-refractivity contribution < 1.29 is 28.9 Å². The van der Waals surface area contributed by atoms with Crippen molar-refractivity contribution in [3.05, 3.63) is 41.2 Å². The molecule has 1 aliphatic heterocycles. The van der Waals surface area contributed by atoms with E-state index in [9.17, 15) is 14.7 Å². The number of rotatable bonds is 4. The number of ether oxygens (including phenoxy) is 3. The van der Waals surface area contributed by atoms with Crippen LogP contribution in [0.1, 0.15) is 31.4 Å². The zero-order chi connectivity index (χ0) is 17.0. The molecular formula is C17H20O6. The lowest BCUT2D eigenvalue weighted by Crippen LogP contribution is -2.41. The minimum atomic E-state index is -1.89. The molecule has 2 rings (SSSR count). The Bertz CT molecular complexity index is 648. The van der Waals surface area contributed by atoms with Crippen molar-refractivity contribution in [1.29, 1.82) is 0 Å². The molecule has 0 saturated carbocycles. The largest absolute Gasteiger partial charge is 0.464 e. The van der Waals surface area contributed by atoms with E-state index in [-0.39, 0.29) is 25.4 Å². The van der Waals surface area contributed by atoms with Gasteiger partial charge in [-0.15, -0.1) is 0 Å². The minimum absolute atomic E-state index is 0.139. The van der Waals surface area contributed by atoms with Gasteiger partial charge in [-0.1, -0.05) is 11.6 Å². The van der Waals surface area contributed by atoms with E-state index in [4.69, 9.17) is 14.2 Å². The Hall–Kier alpha value is -2.34. The molecule has 23 heavy (non-hydrogen) atoms. The molecule has 0 spiro atoms. The first-order chi connectivity index (χ1) is 10.9. The van der Waals surface area contributed by atoms with Gasteiger partial charge < -0.3 is 19.3 Å². The van der Waals surface area contributed by atoms with Gasteiger partial charge in [0, 0.05) is 5.56 Å². The quantitative estimate of drug-likeness (QED) is 0.675. The lowest BCUT2D eigenvalue weighted by atomic mass is 9.86. The summed E-state index contributed by atoms with van der Waals surface area (Å²) in [6.07, 6.45) is 0.942. The fourth-order valence-electron chi connectivity index (χ4n) is 2.41. The molecule has 6 nitrogen and oxygen atoms in total. The van der Waals surface area contributed by atoms with Gasteiger partial charge in [-0.3, -0.25) is 0 Å². The van der Waals surface area contributed by atoms with Gasteiger partial charge in [0.25, 0.3) is 0 Å². The Labute approximate surface area is 134 Å². The summed E-state index contributed by atoms with van der Waals surface area (Å²) in [5.74, 6) is -0.905. The highest BCUT2D eigenvalue weighted by Crippen LogP contribution is 2.42. The number of esters is 2. The van der Waals surface area contributed by atoms with E-state index in [0.29, 0.717) is 11.3 Å². The van der Waals surface area contributed by atoms with E-state index in [0.717, 1.165) is 11.6 Å². The molecule has 0 bridgehead atoms. The number of aryl methyl sites for hydroxylation is 1. The monoisotopic (exact) mass is 320 g/mol. The summed E-state index contributed by atoms with van der Waals surface area (Å²) in [4.78, 5) is 23.9. The minimum Gasteiger partial charge on any atom is -0.464 e. The standard InChI is InChI=1S/C17H20O6/c1-4-21-15(18)9-12-10-17(20,16(19)22-5-2)13-8-11(3)6-7-14(13)23-12/h6-9,20H,4-5,10H2,1-3H3/b12-9+. The van der Waals surface area contributed by atoms with E-state index in [1.54, 1.807) is 32.0 Å². The molecule has 0 saturated heterocycles. The molecular weight excluding hydrogens is 300 g/mol. The molecule has 6 heteroatoms. The van der Waals surface area contributed by atoms with Crippen LogP contribution in [0.4, 0.5) is 0 Å². The van der Waals surface area contributed by atoms with Crippen LogP contribution >= 0.6 is 0 Å². The molecule has 1 unspecified atom stereocenters. The molecule has 1 aliphatic rings. The molecule has 1 N–H and O–H groups in total. The topological polar surface area (TPSA) is 82.1 Å². The number of hydrogen-bond acceptors (Lipinski definition) is 6. The van der Waals surface area contributed by atoms with Crippen molar-refractivity contribution in [1.82, 2.24) is 0 Å². The van der Waals surface area contributed by atoms with Crippen molar-refractivity contribution in [3.8, 4) is 5.75 Å². The van der Waals surface area contributed by atoms with Gasteiger partial charge >= 0.3 is 11.9 Å². The average Bonchev–Trinajstić information content (AvgIpc) is 2.48. The molecule has 0 amide bonds. The molecule has 1 aromatic rings. The summed E-state index contributed by atoms with van der Waals surface area (Å²) >= 11 is 0. The normalized spacial score (nSPS) is 21.3. The van der Waals surface area contributed by atoms with Gasteiger partial charge in [0.2, 0.25) is 0 Å². The predicted molar refractivity (Wildman–Crippen MR) is 81.7 cm³/mol. The molecule has 0 radical (unpaired) electrons. The number of hydrogen-bond donors (Lipinski definition) is 1. The number of benzene rings is 1. The van der Waals surface area contributed by atoms with Crippen LogP contribution in [-0.4, -0.2) is 30.3 Å². The summed E-state index contributed by atoms with van der Waals surface area (Å²) in [6, 6.07) is 5.11. The number of aliphatic hydroxyl groups is 1. The summed E-state index contributed by atoms with van der Waals surface area (Å²) in [6.45, 7) is 5.55. The van der Waals surface area contributed by atoms with E-state index in [1.165, 1.54) is 0 Å². The third-order valence-corrected chi connectivity index (χ3v) is 3.43. The second-order valence-electron chi connectivity index (χ2n) is 5.22. The summed E-state index contributed by atoms with van der Waals surface area (Å²) in [7, 11) is 0. The molecule has 0 aliphatic carbocycles. The van der Waals surface area contributed by atoms with Crippen LogP contribution in [0, 0.1) is 6.92 Å². The Morgan fingerprint density at radius 2 is 2.00 bits per heavy atom. The maximum absolute atomic E-state index is 12.3. The first-order valence-corrected chi connectivity index (χ1v) is 7.46. The van der Waals surface area contributed by atoms with Gasteiger partial charge in [0.05, 0.1) is 25.7 Å². The third kappa shape index (κ3) is 3.53. The Morgan fingerprint density at radius 3 is 2.65 bits per heavy atom. The maximum Gasteiger partial charge on any atom is 0.343 e. The maximum atomic E-state index is 12.3. The Kier molecular flexibility index (Phi) is 5.05. The van der Waals surface area contributed by atoms with Crippen molar-refractivity contribution in [2.24, 2.45) is 0 Å². The predicted octanol–water partition coefficient (Wildman–Crippen LogP) is 1.98. The lowest BCUT2D eigenvalue weighted by molar-refractivity contribution is -0.168. The van der Waals surface area contributed by atoms with Crippen LogP contribution in [0.25, 0.3) is 0 Å². The van der Waals surface area contributed by atoms with Crippen molar-refractivity contribution in [2.75, 3.05) is 13.2 Å². The zero-order valence-electron chi connectivity index (χ0n) is 13.4. The van der Waals surface area contributed by atoms with Gasteiger partial charge in [-0.2, -0.15) is 0 Å². The van der Waals surface area contributed by atoms with Crippen LogP contribution in [-0.2, 0) is 24.7 Å². The van der Waals surface area contributed by atoms with E-state index in [2.05, 4.69) is 0 Å². The number of carbonyl (C=O) groups is 2. The van der Waals surface area contributed by atoms with Crippen LogP contribution in [0.3, 0.4) is 0 Å². The highest BCUT2D eigenvalue weighted by molar-refractivity contribution is 5.85. The van der Waals surface area contributed by atoms with E-state index in [1.807, 2.05) is 6.92 Å². The Morgan fingerprint density at radius 1 is 1.30 bits per heavy atom. The van der Waals surface area contributed by atoms with Gasteiger partial charge in [-0.25, -0.2) is 9.59 Å². The Balaban J connectivity index is 2.46. The van der Waals surface area contributed by atoms with E-state index >= 15 is 0 Å². The fraction of sp³-hybridized carbons (Fsp3) is 0.412. The molecule has 124 valence electrons. The lowest BCUT2D eigenvalue weighted by Gasteiger charge is -2.33. The van der Waals surface area contributed by atoms with Crippen molar-refractivity contribution in [2.45, 2.75) is 32.8 Å².